The summed E-state index contributed by atoms with van der Waals surface area (Å²) in [5.74, 6) is 0. The van der Waals surface area contributed by atoms with Crippen molar-refractivity contribution in [1.82, 2.24) is 5.32 Å². The van der Waals surface area contributed by atoms with E-state index in [1.807, 2.05) is 7.05 Å². The highest BCUT2D eigenvalue weighted by Crippen LogP contribution is 2.14. The highest BCUT2D eigenvalue weighted by molar-refractivity contribution is 5.48. The molecule has 1 rings (SSSR count). The lowest BCUT2D eigenvalue weighted by atomic mass is 10.2. The Bertz CT molecular complexity index is 271. The number of likely N-dealkylation sites (N-methyl/N-ethyl adjacent to an activating group) is 2. The molecule has 0 radical (unpaired) electrons. The van der Waals surface area contributed by atoms with E-state index in [2.05, 4.69) is 48.3 Å². The third kappa shape index (κ3) is 3.04. The summed E-state index contributed by atoms with van der Waals surface area (Å²) in [6.45, 7) is 7.48. The molecule has 0 saturated heterocycles. The summed E-state index contributed by atoms with van der Waals surface area (Å²) < 4.78 is 0. The van der Waals surface area contributed by atoms with Crippen LogP contribution in [0.2, 0.25) is 0 Å². The average molecular weight is 192 g/mol. The predicted molar refractivity (Wildman–Crippen MR) is 63.0 cm³/mol. The topological polar surface area (TPSA) is 15.3 Å². The molecule has 0 atom stereocenters. The summed E-state index contributed by atoms with van der Waals surface area (Å²) in [6, 6.07) is 8.66. The van der Waals surface area contributed by atoms with E-state index in [4.69, 9.17) is 0 Å². The first-order valence-electron chi connectivity index (χ1n) is 5.24. The van der Waals surface area contributed by atoms with Gasteiger partial charge in [0.25, 0.3) is 0 Å². The molecule has 0 bridgehead atoms. The van der Waals surface area contributed by atoms with E-state index in [1.165, 1.54) is 11.3 Å². The van der Waals surface area contributed by atoms with Gasteiger partial charge in [0.05, 0.1) is 0 Å². The minimum Gasteiger partial charge on any atom is -0.371 e. The monoisotopic (exact) mass is 192 g/mol. The lowest BCUT2D eigenvalue weighted by Crippen LogP contribution is -2.30. The quantitative estimate of drug-likeness (QED) is 0.768. The van der Waals surface area contributed by atoms with Crippen molar-refractivity contribution in [2.24, 2.45) is 0 Å². The van der Waals surface area contributed by atoms with Gasteiger partial charge in [-0.15, -0.1) is 0 Å². The zero-order valence-electron chi connectivity index (χ0n) is 9.38. The number of aryl methyl sites for hydroxylation is 1. The number of nitrogens with one attached hydrogen (secondary N) is 1. The van der Waals surface area contributed by atoms with Gasteiger partial charge in [-0.05, 0) is 38.6 Å². The van der Waals surface area contributed by atoms with Gasteiger partial charge >= 0.3 is 0 Å². The summed E-state index contributed by atoms with van der Waals surface area (Å²) in [6.07, 6.45) is 0. The third-order valence-corrected chi connectivity index (χ3v) is 2.38. The minimum atomic E-state index is 1.03. The van der Waals surface area contributed by atoms with Crippen molar-refractivity contribution in [1.29, 1.82) is 0 Å². The molecule has 0 aliphatic carbocycles. The smallest absolute Gasteiger partial charge is 0.0369 e. The van der Waals surface area contributed by atoms with Crippen molar-refractivity contribution in [3.05, 3.63) is 29.8 Å². The van der Waals surface area contributed by atoms with Gasteiger partial charge < -0.3 is 10.2 Å². The molecule has 1 aromatic carbocycles. The van der Waals surface area contributed by atoms with Crippen LogP contribution in [-0.4, -0.2) is 26.7 Å². The average Bonchev–Trinajstić information content (AvgIpc) is 2.19. The van der Waals surface area contributed by atoms with Crippen molar-refractivity contribution in [2.75, 3.05) is 31.6 Å². The molecule has 0 aliphatic rings. The predicted octanol–water partition coefficient (Wildman–Crippen LogP) is 2.04. The Labute approximate surface area is 86.9 Å². The summed E-state index contributed by atoms with van der Waals surface area (Å²) in [5, 5.41) is 3.18. The van der Waals surface area contributed by atoms with Crippen LogP contribution < -0.4 is 10.2 Å². The van der Waals surface area contributed by atoms with E-state index in [0.29, 0.717) is 0 Å². The van der Waals surface area contributed by atoms with Crippen LogP contribution in [0.4, 0.5) is 5.69 Å². The Morgan fingerprint density at radius 3 is 2.71 bits per heavy atom. The molecule has 1 N–H and O–H groups in total. The number of nitrogens with zero attached hydrogens (tertiary/aromatic N) is 1. The first-order chi connectivity index (χ1) is 6.77. The Hall–Kier alpha value is -1.02. The molecule has 0 aliphatic heterocycles. The van der Waals surface area contributed by atoms with Gasteiger partial charge in [0, 0.05) is 25.3 Å². The number of benzene rings is 1. The fourth-order valence-corrected chi connectivity index (χ4v) is 1.54. The van der Waals surface area contributed by atoms with E-state index in [-0.39, 0.29) is 0 Å². The zero-order valence-corrected chi connectivity index (χ0v) is 9.38. The number of hydrogen-bond acceptors (Lipinski definition) is 2. The van der Waals surface area contributed by atoms with E-state index in [0.717, 1.165) is 19.6 Å². The van der Waals surface area contributed by atoms with Crippen molar-refractivity contribution in [3.63, 3.8) is 0 Å². The third-order valence-electron chi connectivity index (χ3n) is 2.38. The van der Waals surface area contributed by atoms with Crippen LogP contribution in [0.25, 0.3) is 0 Å². The molecule has 0 unspecified atom stereocenters. The van der Waals surface area contributed by atoms with Crippen LogP contribution in [0.5, 0.6) is 0 Å². The van der Waals surface area contributed by atoms with Crippen molar-refractivity contribution >= 4 is 5.69 Å². The molecule has 2 nitrogen and oxygen atoms in total. The minimum absolute atomic E-state index is 1.03. The molecule has 0 amide bonds. The van der Waals surface area contributed by atoms with E-state index in [9.17, 15) is 0 Å². The standard InChI is InChI=1S/C12H20N2/c1-4-14(9-8-13-3)12-7-5-6-11(2)10-12/h5-7,10,13H,4,8-9H2,1-3H3. The molecular formula is C12H20N2. The Kier molecular flexibility index (Phi) is 4.47. The fraction of sp³-hybridized carbons (Fsp3) is 0.500. The summed E-state index contributed by atoms with van der Waals surface area (Å²) >= 11 is 0. The summed E-state index contributed by atoms with van der Waals surface area (Å²) in [7, 11) is 1.99. The van der Waals surface area contributed by atoms with Crippen molar-refractivity contribution in [3.8, 4) is 0 Å². The second-order valence-corrected chi connectivity index (χ2v) is 3.52. The molecule has 0 aromatic heterocycles. The van der Waals surface area contributed by atoms with E-state index in [1.54, 1.807) is 0 Å². The Morgan fingerprint density at radius 2 is 2.14 bits per heavy atom. The van der Waals surface area contributed by atoms with E-state index < -0.39 is 0 Å². The zero-order chi connectivity index (χ0) is 10.4. The van der Waals surface area contributed by atoms with Gasteiger partial charge in [0.1, 0.15) is 0 Å². The highest BCUT2D eigenvalue weighted by Gasteiger charge is 2.02. The Morgan fingerprint density at radius 1 is 1.36 bits per heavy atom. The van der Waals surface area contributed by atoms with Crippen molar-refractivity contribution < 1.29 is 0 Å². The number of rotatable bonds is 5. The van der Waals surface area contributed by atoms with Crippen LogP contribution in [0.1, 0.15) is 12.5 Å². The van der Waals surface area contributed by atoms with Gasteiger partial charge in [-0.25, -0.2) is 0 Å². The molecule has 0 saturated carbocycles. The first kappa shape index (κ1) is 11.1. The van der Waals surface area contributed by atoms with Crippen LogP contribution in [-0.2, 0) is 0 Å². The lowest BCUT2D eigenvalue weighted by Gasteiger charge is -2.23. The lowest BCUT2D eigenvalue weighted by molar-refractivity contribution is 0.736. The van der Waals surface area contributed by atoms with Crippen LogP contribution in [0.15, 0.2) is 24.3 Å². The molecule has 2 heteroatoms. The van der Waals surface area contributed by atoms with Crippen LogP contribution >= 0.6 is 0 Å². The molecular weight excluding hydrogens is 172 g/mol. The Balaban J connectivity index is 2.68. The summed E-state index contributed by atoms with van der Waals surface area (Å²) in [5.41, 5.74) is 2.65. The molecule has 0 spiro atoms. The number of anilines is 1. The molecule has 1 aromatic rings. The van der Waals surface area contributed by atoms with E-state index >= 15 is 0 Å². The van der Waals surface area contributed by atoms with Crippen molar-refractivity contribution in [2.45, 2.75) is 13.8 Å². The molecule has 78 valence electrons. The fourth-order valence-electron chi connectivity index (χ4n) is 1.54. The van der Waals surface area contributed by atoms with Crippen LogP contribution in [0.3, 0.4) is 0 Å². The maximum Gasteiger partial charge on any atom is 0.0369 e. The molecule has 0 heterocycles. The summed E-state index contributed by atoms with van der Waals surface area (Å²) in [4.78, 5) is 2.38. The largest absolute Gasteiger partial charge is 0.371 e. The van der Waals surface area contributed by atoms with Gasteiger partial charge in [0.2, 0.25) is 0 Å². The molecule has 0 fully saturated rings. The molecule has 14 heavy (non-hydrogen) atoms. The SMILES string of the molecule is CCN(CCNC)c1cccc(C)c1. The number of hydrogen-bond donors (Lipinski definition) is 1. The van der Waals surface area contributed by atoms with Crippen LogP contribution in [0, 0.1) is 6.92 Å². The van der Waals surface area contributed by atoms with Gasteiger partial charge in [-0.1, -0.05) is 12.1 Å². The second kappa shape index (κ2) is 5.66. The normalized spacial score (nSPS) is 10.2. The van der Waals surface area contributed by atoms with Gasteiger partial charge in [0.15, 0.2) is 0 Å². The second-order valence-electron chi connectivity index (χ2n) is 3.52. The maximum atomic E-state index is 3.18. The van der Waals surface area contributed by atoms with Gasteiger partial charge in [-0.2, -0.15) is 0 Å². The maximum absolute atomic E-state index is 3.18. The highest BCUT2D eigenvalue weighted by atomic mass is 15.1. The first-order valence-corrected chi connectivity index (χ1v) is 5.24. The van der Waals surface area contributed by atoms with Gasteiger partial charge in [-0.3, -0.25) is 0 Å².